The summed E-state index contributed by atoms with van der Waals surface area (Å²) in [6.45, 7) is 3.65. The van der Waals surface area contributed by atoms with Crippen LogP contribution < -0.4 is 10.4 Å². The molecule has 5 rings (SSSR count). The second kappa shape index (κ2) is 9.70. The number of aromatic nitrogens is 3. The quantitative estimate of drug-likeness (QED) is 0.180. The normalized spacial score (nSPS) is 12.3. The third-order valence-corrected chi connectivity index (χ3v) is 6.73. The Morgan fingerprint density at radius 3 is 2.43 bits per heavy atom. The lowest BCUT2D eigenvalue weighted by molar-refractivity contribution is -0.384. The molecule has 0 bridgehead atoms. The van der Waals surface area contributed by atoms with Crippen LogP contribution in [0.3, 0.4) is 0 Å². The van der Waals surface area contributed by atoms with Gasteiger partial charge in [0.15, 0.2) is 5.69 Å². The van der Waals surface area contributed by atoms with Gasteiger partial charge in [-0.05, 0) is 50.2 Å². The zero-order chi connectivity index (χ0) is 26.1. The predicted molar refractivity (Wildman–Crippen MR) is 142 cm³/mol. The van der Waals surface area contributed by atoms with E-state index in [2.05, 4.69) is 0 Å². The third kappa shape index (κ3) is 4.47. The fraction of sp³-hybridized carbons (Fsp3) is 0.115. The average Bonchev–Trinajstić information content (AvgIpc) is 3.62. The molecule has 0 aliphatic carbocycles. The summed E-state index contributed by atoms with van der Waals surface area (Å²) < 4.78 is 10.5. The molecular weight excluding hydrogens is 492 g/mol. The van der Waals surface area contributed by atoms with Gasteiger partial charge in [0.25, 0.3) is 11.2 Å². The Kier molecular flexibility index (Phi) is 6.28. The molecule has 0 atom stereocenters. The first-order chi connectivity index (χ1) is 17.8. The lowest BCUT2D eigenvalue weighted by Crippen LogP contribution is -2.20. The van der Waals surface area contributed by atoms with Crippen LogP contribution in [-0.4, -0.2) is 24.7 Å². The number of furan rings is 1. The van der Waals surface area contributed by atoms with Gasteiger partial charge in [0.1, 0.15) is 11.5 Å². The van der Waals surface area contributed by atoms with Gasteiger partial charge in [0.2, 0.25) is 4.80 Å². The standard InChI is InChI=1S/C26H22N6O4S/c1-17(23-10-7-15-36-23)28-30-22(19-11-13-21(14-12-19)32(34)35)16-37-26(30)27-24-18(2)29(3)31(25(24)33)20-8-5-4-6-9-20/h4-16H,1-3H3. The molecule has 0 spiro atoms. The van der Waals surface area contributed by atoms with Crippen molar-refractivity contribution in [2.75, 3.05) is 0 Å². The minimum atomic E-state index is -0.443. The fourth-order valence-corrected chi connectivity index (χ4v) is 4.72. The van der Waals surface area contributed by atoms with Crippen LogP contribution in [0.1, 0.15) is 18.4 Å². The molecule has 186 valence electrons. The summed E-state index contributed by atoms with van der Waals surface area (Å²) in [7, 11) is 1.81. The molecule has 5 aromatic rings. The smallest absolute Gasteiger partial charge is 0.297 e. The number of para-hydroxylation sites is 1. The van der Waals surface area contributed by atoms with Crippen LogP contribution in [0.4, 0.5) is 11.4 Å². The summed E-state index contributed by atoms with van der Waals surface area (Å²) in [5.41, 5.74) is 3.44. The molecule has 3 aromatic heterocycles. The Balaban J connectivity index is 1.71. The number of nitro groups is 1. The number of hydrogen-bond donors (Lipinski definition) is 0. The molecule has 0 amide bonds. The molecule has 3 heterocycles. The van der Waals surface area contributed by atoms with Crippen molar-refractivity contribution < 1.29 is 9.34 Å². The van der Waals surface area contributed by atoms with E-state index in [9.17, 15) is 14.9 Å². The van der Waals surface area contributed by atoms with Gasteiger partial charge >= 0.3 is 0 Å². The maximum atomic E-state index is 13.4. The van der Waals surface area contributed by atoms with Gasteiger partial charge in [0, 0.05) is 30.1 Å². The largest absolute Gasteiger partial charge is 0.463 e. The summed E-state index contributed by atoms with van der Waals surface area (Å²) >= 11 is 1.31. The molecule has 0 N–H and O–H groups in total. The van der Waals surface area contributed by atoms with E-state index in [1.54, 1.807) is 44.6 Å². The Morgan fingerprint density at radius 2 is 1.78 bits per heavy atom. The van der Waals surface area contributed by atoms with E-state index in [1.807, 2.05) is 56.6 Å². The molecule has 0 unspecified atom stereocenters. The molecule has 11 heteroatoms. The first kappa shape index (κ1) is 23.9. The first-order valence-corrected chi connectivity index (χ1v) is 12.2. The number of rotatable bonds is 6. The molecule has 0 radical (unpaired) electrons. The van der Waals surface area contributed by atoms with Crippen molar-refractivity contribution in [3.05, 3.63) is 115 Å². The topological polar surface area (TPSA) is 113 Å². The minimum absolute atomic E-state index is 0.00733. The van der Waals surface area contributed by atoms with Gasteiger partial charge < -0.3 is 4.42 Å². The van der Waals surface area contributed by atoms with Crippen molar-refractivity contribution in [1.82, 2.24) is 14.0 Å². The number of thiazole rings is 1. The molecule has 0 aliphatic rings. The summed E-state index contributed by atoms with van der Waals surface area (Å²) in [4.78, 5) is 29.3. The van der Waals surface area contributed by atoms with Gasteiger partial charge in [-0.2, -0.15) is 5.10 Å². The highest BCUT2D eigenvalue weighted by molar-refractivity contribution is 7.07. The Morgan fingerprint density at radius 1 is 1.05 bits per heavy atom. The van der Waals surface area contributed by atoms with Crippen LogP contribution >= 0.6 is 11.3 Å². The SMILES string of the molecule is CC(=Nn1c(-c2ccc([N+](=O)[O-])cc2)csc1=Nc1c(C)n(C)n(-c2ccccc2)c1=O)c1ccco1. The van der Waals surface area contributed by atoms with Gasteiger partial charge in [-0.25, -0.2) is 14.4 Å². The molecule has 37 heavy (non-hydrogen) atoms. The van der Waals surface area contributed by atoms with E-state index in [4.69, 9.17) is 14.5 Å². The molecule has 0 saturated carbocycles. The van der Waals surface area contributed by atoms with Crippen LogP contribution in [0, 0.1) is 17.0 Å². The monoisotopic (exact) mass is 514 g/mol. The van der Waals surface area contributed by atoms with Gasteiger partial charge in [-0.3, -0.25) is 19.6 Å². The second-order valence-electron chi connectivity index (χ2n) is 8.20. The highest BCUT2D eigenvalue weighted by Crippen LogP contribution is 2.24. The lowest BCUT2D eigenvalue weighted by atomic mass is 10.1. The average molecular weight is 515 g/mol. The highest BCUT2D eigenvalue weighted by atomic mass is 32.1. The number of benzene rings is 2. The number of nitrogens with zero attached hydrogens (tertiary/aromatic N) is 6. The molecule has 0 aliphatic heterocycles. The van der Waals surface area contributed by atoms with E-state index >= 15 is 0 Å². The van der Waals surface area contributed by atoms with Crippen molar-refractivity contribution in [1.29, 1.82) is 0 Å². The summed E-state index contributed by atoms with van der Waals surface area (Å²) in [6, 6.07) is 19.1. The van der Waals surface area contributed by atoms with Gasteiger partial charge in [-0.15, -0.1) is 11.3 Å². The van der Waals surface area contributed by atoms with Gasteiger partial charge in [0.05, 0.1) is 28.3 Å². The van der Waals surface area contributed by atoms with E-state index in [0.29, 0.717) is 38.9 Å². The summed E-state index contributed by atoms with van der Waals surface area (Å²) in [6.07, 6.45) is 1.56. The highest BCUT2D eigenvalue weighted by Gasteiger charge is 2.17. The third-order valence-electron chi connectivity index (χ3n) is 5.92. The van der Waals surface area contributed by atoms with Crippen LogP contribution in [-0.2, 0) is 7.05 Å². The summed E-state index contributed by atoms with van der Waals surface area (Å²) in [5, 5.41) is 17.7. The minimum Gasteiger partial charge on any atom is -0.463 e. The van der Waals surface area contributed by atoms with Crippen molar-refractivity contribution in [3.63, 3.8) is 0 Å². The molecular formula is C26H22N6O4S. The molecule has 0 fully saturated rings. The second-order valence-corrected chi connectivity index (χ2v) is 9.04. The molecule has 10 nitrogen and oxygen atoms in total. The zero-order valence-electron chi connectivity index (χ0n) is 20.2. The predicted octanol–water partition coefficient (Wildman–Crippen LogP) is 5.02. The van der Waals surface area contributed by atoms with Gasteiger partial charge in [-0.1, -0.05) is 18.2 Å². The number of hydrogen-bond acceptors (Lipinski definition) is 7. The van der Waals surface area contributed by atoms with Crippen molar-refractivity contribution in [2.45, 2.75) is 13.8 Å². The maximum absolute atomic E-state index is 13.4. The Bertz CT molecular complexity index is 1740. The van der Waals surface area contributed by atoms with Crippen LogP contribution in [0.5, 0.6) is 0 Å². The zero-order valence-corrected chi connectivity index (χ0v) is 21.0. The molecule has 0 saturated heterocycles. The number of non-ortho nitro benzene ring substituents is 1. The van der Waals surface area contributed by atoms with E-state index in [-0.39, 0.29) is 11.2 Å². The maximum Gasteiger partial charge on any atom is 0.297 e. The fourth-order valence-electron chi connectivity index (χ4n) is 3.89. The van der Waals surface area contributed by atoms with E-state index in [0.717, 1.165) is 5.69 Å². The summed E-state index contributed by atoms with van der Waals surface area (Å²) in [5.74, 6) is 0.585. The van der Waals surface area contributed by atoms with E-state index in [1.165, 1.54) is 23.5 Å². The van der Waals surface area contributed by atoms with E-state index < -0.39 is 4.92 Å². The van der Waals surface area contributed by atoms with Crippen LogP contribution in [0.2, 0.25) is 0 Å². The van der Waals surface area contributed by atoms with Crippen LogP contribution in [0.15, 0.2) is 97.7 Å². The van der Waals surface area contributed by atoms with Crippen LogP contribution in [0.25, 0.3) is 16.9 Å². The lowest BCUT2D eigenvalue weighted by Gasteiger charge is -2.07. The molecule has 2 aromatic carbocycles. The first-order valence-electron chi connectivity index (χ1n) is 11.3. The Labute approximate surface area is 214 Å². The van der Waals surface area contributed by atoms with Crippen molar-refractivity contribution in [2.24, 2.45) is 17.1 Å². The number of nitro benzene ring substituents is 1. The van der Waals surface area contributed by atoms with Crippen molar-refractivity contribution in [3.8, 4) is 16.9 Å². The van der Waals surface area contributed by atoms with Crippen molar-refractivity contribution >= 4 is 28.4 Å². The Hall–Kier alpha value is -4.77.